The van der Waals surface area contributed by atoms with Gasteiger partial charge >= 0.3 is 0 Å². The van der Waals surface area contributed by atoms with Crippen LogP contribution in [0.2, 0.25) is 0 Å². The third kappa shape index (κ3) is 4.49. The maximum Gasteiger partial charge on any atom is 0.220 e. The molecule has 6 nitrogen and oxygen atoms in total. The van der Waals surface area contributed by atoms with Crippen LogP contribution in [0.4, 0.5) is 0 Å². The number of rotatable bonds is 8. The number of aryl methyl sites for hydroxylation is 1. The lowest BCUT2D eigenvalue weighted by Crippen LogP contribution is -2.30. The van der Waals surface area contributed by atoms with Gasteiger partial charge in [0.05, 0.1) is 30.8 Å². The van der Waals surface area contributed by atoms with Gasteiger partial charge < -0.3 is 18.9 Å². The summed E-state index contributed by atoms with van der Waals surface area (Å²) in [6.45, 7) is 5.78. The molecule has 1 aliphatic rings. The number of ether oxygens (including phenoxy) is 2. The quantitative estimate of drug-likeness (QED) is 0.457. The number of carbonyl (C=O) groups is 1. The fourth-order valence-corrected chi connectivity index (χ4v) is 4.50. The molecule has 0 radical (unpaired) electrons. The van der Waals surface area contributed by atoms with E-state index in [0.29, 0.717) is 6.61 Å². The third-order valence-electron chi connectivity index (χ3n) is 5.97. The molecule has 1 aromatic heterocycles. The number of carbonyl (C=O) groups excluding carboxylic acids is 1. The summed E-state index contributed by atoms with van der Waals surface area (Å²) in [7, 11) is 1.66. The Morgan fingerprint density at radius 3 is 2.84 bits per heavy atom. The van der Waals surface area contributed by atoms with Crippen LogP contribution < -0.4 is 9.47 Å². The van der Waals surface area contributed by atoms with Crippen molar-refractivity contribution in [3.05, 3.63) is 59.9 Å². The number of aromatic nitrogens is 2. The summed E-state index contributed by atoms with van der Waals surface area (Å²) in [5.41, 5.74) is 3.16. The maximum atomic E-state index is 12.2. The largest absolute Gasteiger partial charge is 0.493 e. The molecule has 0 saturated carbocycles. The number of imidazole rings is 1. The second kappa shape index (κ2) is 9.90. The predicted molar refractivity (Wildman–Crippen MR) is 127 cm³/mol. The number of fused-ring (bicyclic) bond motifs is 1. The SMILES string of the molecule is C/C=C/c1ccc(OCCCn2c([C@H]3CCCN3C(C)=O)nc3ccccc32)c(OC)c1. The first-order valence-electron chi connectivity index (χ1n) is 11.3. The molecule has 0 N–H and O–H groups in total. The van der Waals surface area contributed by atoms with Gasteiger partial charge in [-0.25, -0.2) is 4.98 Å². The summed E-state index contributed by atoms with van der Waals surface area (Å²) in [6, 6.07) is 14.2. The van der Waals surface area contributed by atoms with E-state index in [9.17, 15) is 4.79 Å². The Kier molecular flexibility index (Phi) is 6.78. The van der Waals surface area contributed by atoms with Crippen LogP contribution in [0.1, 0.15) is 50.5 Å². The van der Waals surface area contributed by atoms with Crippen molar-refractivity contribution >= 4 is 23.0 Å². The van der Waals surface area contributed by atoms with Crippen LogP contribution in [0.5, 0.6) is 11.5 Å². The van der Waals surface area contributed by atoms with E-state index in [-0.39, 0.29) is 11.9 Å². The topological polar surface area (TPSA) is 56.6 Å². The maximum absolute atomic E-state index is 12.2. The number of nitrogens with zero attached hydrogens (tertiary/aromatic N) is 3. The van der Waals surface area contributed by atoms with Crippen molar-refractivity contribution in [2.24, 2.45) is 0 Å². The standard InChI is InChI=1S/C26H31N3O3/c1-4-9-20-13-14-24(25(18-20)31-3)32-17-8-16-29-22-11-6-5-10-21(22)27-26(29)23-12-7-15-28(23)19(2)30/h4-6,9-11,13-14,18,23H,7-8,12,15-17H2,1-3H3/b9-4+/t23-/m1/s1. The highest BCUT2D eigenvalue weighted by Crippen LogP contribution is 2.34. The van der Waals surface area contributed by atoms with E-state index in [2.05, 4.69) is 10.6 Å². The molecule has 0 aliphatic carbocycles. The fraction of sp³-hybridized carbons (Fsp3) is 0.385. The monoisotopic (exact) mass is 433 g/mol. The normalized spacial score (nSPS) is 16.2. The van der Waals surface area contributed by atoms with E-state index in [1.165, 1.54) is 0 Å². The first-order chi connectivity index (χ1) is 15.6. The summed E-state index contributed by atoms with van der Waals surface area (Å²) in [6.07, 6.45) is 6.82. The van der Waals surface area contributed by atoms with Crippen molar-refractivity contribution in [1.82, 2.24) is 14.5 Å². The highest BCUT2D eigenvalue weighted by atomic mass is 16.5. The summed E-state index contributed by atoms with van der Waals surface area (Å²) >= 11 is 0. The molecule has 1 atom stereocenters. The van der Waals surface area contributed by atoms with Gasteiger partial charge in [0.2, 0.25) is 5.91 Å². The lowest BCUT2D eigenvalue weighted by Gasteiger charge is -2.24. The molecule has 2 aromatic carbocycles. The first kappa shape index (κ1) is 21.9. The van der Waals surface area contributed by atoms with Crippen molar-refractivity contribution < 1.29 is 14.3 Å². The van der Waals surface area contributed by atoms with Crippen LogP contribution in [0, 0.1) is 0 Å². The molecule has 6 heteroatoms. The van der Waals surface area contributed by atoms with Crippen molar-refractivity contribution in [2.45, 2.75) is 45.7 Å². The van der Waals surface area contributed by atoms with E-state index in [0.717, 1.165) is 66.3 Å². The molecule has 1 aliphatic heterocycles. The number of methoxy groups -OCH3 is 1. The van der Waals surface area contributed by atoms with Gasteiger partial charge in [-0.1, -0.05) is 30.4 Å². The highest BCUT2D eigenvalue weighted by Gasteiger charge is 2.32. The molecule has 2 heterocycles. The summed E-state index contributed by atoms with van der Waals surface area (Å²) in [5, 5.41) is 0. The van der Waals surface area contributed by atoms with Crippen LogP contribution in [-0.4, -0.2) is 40.6 Å². The van der Waals surface area contributed by atoms with E-state index in [1.54, 1.807) is 14.0 Å². The number of allylic oxidation sites excluding steroid dienone is 1. The molecule has 1 fully saturated rings. The minimum absolute atomic E-state index is 0.0417. The van der Waals surface area contributed by atoms with Gasteiger partial charge in [0.1, 0.15) is 5.82 Å². The molecular formula is C26H31N3O3. The van der Waals surface area contributed by atoms with Crippen molar-refractivity contribution in [1.29, 1.82) is 0 Å². The number of hydrogen-bond donors (Lipinski definition) is 0. The van der Waals surface area contributed by atoms with Gasteiger partial charge in [-0.05, 0) is 56.0 Å². The van der Waals surface area contributed by atoms with Gasteiger partial charge in [-0.2, -0.15) is 0 Å². The predicted octanol–water partition coefficient (Wildman–Crippen LogP) is 5.23. The molecule has 32 heavy (non-hydrogen) atoms. The summed E-state index contributed by atoms with van der Waals surface area (Å²) in [4.78, 5) is 19.0. The number of para-hydroxylation sites is 2. The minimum atomic E-state index is 0.0417. The van der Waals surface area contributed by atoms with Gasteiger partial charge in [-0.3, -0.25) is 4.79 Å². The van der Waals surface area contributed by atoms with Gasteiger partial charge in [0.15, 0.2) is 11.5 Å². The minimum Gasteiger partial charge on any atom is -0.493 e. The van der Waals surface area contributed by atoms with Crippen LogP contribution in [0.3, 0.4) is 0 Å². The Balaban J connectivity index is 1.50. The zero-order chi connectivity index (χ0) is 22.5. The molecule has 1 amide bonds. The molecular weight excluding hydrogens is 402 g/mol. The molecule has 1 saturated heterocycles. The molecule has 168 valence electrons. The fourth-order valence-electron chi connectivity index (χ4n) is 4.50. The first-order valence-corrected chi connectivity index (χ1v) is 11.3. The number of hydrogen-bond acceptors (Lipinski definition) is 4. The van der Waals surface area contributed by atoms with E-state index < -0.39 is 0 Å². The van der Waals surface area contributed by atoms with Crippen molar-refractivity contribution in [2.75, 3.05) is 20.3 Å². The third-order valence-corrected chi connectivity index (χ3v) is 5.97. The van der Waals surface area contributed by atoms with Crippen LogP contribution in [0.15, 0.2) is 48.5 Å². The lowest BCUT2D eigenvalue weighted by molar-refractivity contribution is -0.129. The van der Waals surface area contributed by atoms with Gasteiger partial charge in [0, 0.05) is 20.0 Å². The highest BCUT2D eigenvalue weighted by molar-refractivity contribution is 5.77. The Bertz CT molecular complexity index is 1120. The molecule has 0 bridgehead atoms. The zero-order valence-electron chi connectivity index (χ0n) is 19.1. The molecule has 0 unspecified atom stereocenters. The molecule has 0 spiro atoms. The van der Waals surface area contributed by atoms with Crippen LogP contribution in [-0.2, 0) is 11.3 Å². The summed E-state index contributed by atoms with van der Waals surface area (Å²) < 4.78 is 13.8. The Morgan fingerprint density at radius 2 is 2.06 bits per heavy atom. The number of amides is 1. The van der Waals surface area contributed by atoms with Gasteiger partial charge in [0.25, 0.3) is 0 Å². The average molecular weight is 434 g/mol. The van der Waals surface area contributed by atoms with E-state index in [1.807, 2.05) is 60.4 Å². The zero-order valence-corrected chi connectivity index (χ0v) is 19.1. The van der Waals surface area contributed by atoms with Crippen molar-refractivity contribution in [3.63, 3.8) is 0 Å². The van der Waals surface area contributed by atoms with Crippen molar-refractivity contribution in [3.8, 4) is 11.5 Å². The Hall–Kier alpha value is -3.28. The van der Waals surface area contributed by atoms with E-state index in [4.69, 9.17) is 14.5 Å². The Labute approximate surface area is 189 Å². The summed E-state index contributed by atoms with van der Waals surface area (Å²) in [5.74, 6) is 2.57. The van der Waals surface area contributed by atoms with Gasteiger partial charge in [-0.15, -0.1) is 0 Å². The second-order valence-corrected chi connectivity index (χ2v) is 8.09. The molecule has 3 aromatic rings. The van der Waals surface area contributed by atoms with E-state index >= 15 is 0 Å². The number of benzene rings is 2. The number of likely N-dealkylation sites (tertiary alicyclic amines) is 1. The lowest BCUT2D eigenvalue weighted by atomic mass is 10.2. The van der Waals surface area contributed by atoms with Crippen LogP contribution >= 0.6 is 0 Å². The second-order valence-electron chi connectivity index (χ2n) is 8.09. The Morgan fingerprint density at radius 1 is 1.22 bits per heavy atom. The van der Waals surface area contributed by atoms with Crippen LogP contribution in [0.25, 0.3) is 17.1 Å². The average Bonchev–Trinajstić information content (AvgIpc) is 3.42. The molecule has 4 rings (SSSR count). The smallest absolute Gasteiger partial charge is 0.220 e.